The Morgan fingerprint density at radius 1 is 1.33 bits per heavy atom. The molecule has 2 rings (SSSR count). The van der Waals surface area contributed by atoms with Gasteiger partial charge >= 0.3 is 18.0 Å². The van der Waals surface area contributed by atoms with Gasteiger partial charge in [0.25, 0.3) is 0 Å². The number of hydrogen-bond acceptors (Lipinski definition) is 4. The van der Waals surface area contributed by atoms with E-state index in [1.165, 1.54) is 12.1 Å². The summed E-state index contributed by atoms with van der Waals surface area (Å²) in [4.78, 5) is 14.6. The van der Waals surface area contributed by atoms with Gasteiger partial charge < -0.3 is 9.64 Å². The predicted molar refractivity (Wildman–Crippen MR) is 96.5 cm³/mol. The Morgan fingerprint density at radius 2 is 2.00 bits per heavy atom. The smallest absolute Gasteiger partial charge is 0.423 e. The number of benzene rings is 1. The molecular weight excluding hydrogens is 361 g/mol. The molecule has 0 amide bonds. The minimum absolute atomic E-state index is 0.136. The molecule has 2 N–H and O–H groups in total. The minimum atomic E-state index is -4.43. The van der Waals surface area contributed by atoms with Crippen LogP contribution in [0.5, 0.6) is 0 Å². The number of rotatable bonds is 4. The molecular formula is C18H26F3N4O2+. The van der Waals surface area contributed by atoms with Crippen molar-refractivity contribution in [3.63, 3.8) is 0 Å². The molecule has 0 spiro atoms. The molecule has 0 radical (unpaired) electrons. The number of nitrogens with zero attached hydrogens (tertiary/aromatic N) is 2. The summed E-state index contributed by atoms with van der Waals surface area (Å²) in [6, 6.07) is 4.89. The van der Waals surface area contributed by atoms with Crippen molar-refractivity contribution in [2.24, 2.45) is 0 Å². The van der Waals surface area contributed by atoms with E-state index < -0.39 is 17.7 Å². The van der Waals surface area contributed by atoms with E-state index in [1.54, 1.807) is 18.5 Å². The van der Waals surface area contributed by atoms with E-state index in [0.717, 1.165) is 38.1 Å². The van der Waals surface area contributed by atoms with Crippen molar-refractivity contribution >= 4 is 17.5 Å². The number of anilines is 1. The summed E-state index contributed by atoms with van der Waals surface area (Å²) in [6.07, 6.45) is -2.68. The highest BCUT2D eigenvalue weighted by Gasteiger charge is 2.31. The van der Waals surface area contributed by atoms with Crippen molar-refractivity contribution in [1.82, 2.24) is 10.3 Å². The number of alkyl halides is 3. The van der Waals surface area contributed by atoms with Gasteiger partial charge in [-0.15, -0.1) is 0 Å². The van der Waals surface area contributed by atoms with Gasteiger partial charge in [-0.25, -0.2) is 10.2 Å². The van der Waals surface area contributed by atoms with Gasteiger partial charge in [0, 0.05) is 25.9 Å². The Labute approximate surface area is 157 Å². The molecule has 6 nitrogen and oxygen atoms in total. The van der Waals surface area contributed by atoms with Crippen molar-refractivity contribution < 1.29 is 27.3 Å². The molecule has 150 valence electrons. The summed E-state index contributed by atoms with van der Waals surface area (Å²) in [5.41, 5.74) is 4.86. The minimum Gasteiger partial charge on any atom is -0.457 e. The first-order valence-electron chi connectivity index (χ1n) is 8.87. The number of amidine groups is 1. The molecule has 27 heavy (non-hydrogen) atoms. The normalized spacial score (nSPS) is 17.3. The van der Waals surface area contributed by atoms with Crippen LogP contribution in [0.1, 0.15) is 25.3 Å². The van der Waals surface area contributed by atoms with Crippen LogP contribution in [0.2, 0.25) is 0 Å². The van der Waals surface area contributed by atoms with Crippen molar-refractivity contribution in [2.75, 3.05) is 39.2 Å². The zero-order valence-corrected chi connectivity index (χ0v) is 15.8. The molecule has 1 aliphatic heterocycles. The number of esters is 1. The Kier molecular flexibility index (Phi) is 7.06. The number of piperidine rings is 1. The van der Waals surface area contributed by atoms with Crippen LogP contribution in [0, 0.1) is 0 Å². The number of hydrogen-bond donors (Lipinski definition) is 2. The Balaban J connectivity index is 2.18. The lowest BCUT2D eigenvalue weighted by Gasteiger charge is -2.28. The first-order chi connectivity index (χ1) is 12.7. The second kappa shape index (κ2) is 9.07. The Hall–Kier alpha value is -2.29. The van der Waals surface area contributed by atoms with Gasteiger partial charge in [0.2, 0.25) is 0 Å². The third kappa shape index (κ3) is 5.85. The Bertz CT molecular complexity index is 683. The van der Waals surface area contributed by atoms with E-state index in [2.05, 4.69) is 15.8 Å². The summed E-state index contributed by atoms with van der Waals surface area (Å²) in [7, 11) is 3.82. The number of carbonyl (C=O) groups excluding carboxylic acids is 1. The van der Waals surface area contributed by atoms with E-state index in [1.807, 2.05) is 7.05 Å². The van der Waals surface area contributed by atoms with E-state index in [4.69, 9.17) is 4.74 Å². The lowest BCUT2D eigenvalue weighted by Crippen LogP contribution is -2.48. The summed E-state index contributed by atoms with van der Waals surface area (Å²) < 4.78 is 45.5. The summed E-state index contributed by atoms with van der Waals surface area (Å²) in [5.74, 6) is -0.387. The molecule has 1 heterocycles. The number of nitrogens with one attached hydrogen (secondary N) is 2. The third-order valence-electron chi connectivity index (χ3n) is 4.57. The molecule has 1 fully saturated rings. The van der Waals surface area contributed by atoms with E-state index in [0.29, 0.717) is 0 Å². The van der Waals surface area contributed by atoms with Crippen LogP contribution in [0.4, 0.5) is 18.9 Å². The first-order valence-corrected chi connectivity index (χ1v) is 8.87. The van der Waals surface area contributed by atoms with Crippen LogP contribution in [-0.2, 0) is 15.7 Å². The number of carbonyl (C=O) groups is 1. The molecule has 0 aromatic heterocycles. The van der Waals surface area contributed by atoms with Gasteiger partial charge in [-0.05, 0) is 32.2 Å². The van der Waals surface area contributed by atoms with Crippen LogP contribution >= 0.6 is 0 Å². The Morgan fingerprint density at radius 3 is 2.59 bits per heavy atom. The number of ether oxygens (including phenoxy) is 1. The zero-order valence-electron chi connectivity index (χ0n) is 15.8. The third-order valence-corrected chi connectivity index (χ3v) is 4.57. The molecule has 1 aromatic carbocycles. The highest BCUT2D eigenvalue weighted by molar-refractivity contribution is 6.33. The van der Waals surface area contributed by atoms with Crippen LogP contribution in [0.15, 0.2) is 24.3 Å². The van der Waals surface area contributed by atoms with Crippen molar-refractivity contribution in [3.05, 3.63) is 29.8 Å². The molecule has 1 saturated heterocycles. The number of hydrazine groups is 1. The van der Waals surface area contributed by atoms with Crippen molar-refractivity contribution in [2.45, 2.75) is 32.0 Å². The van der Waals surface area contributed by atoms with Gasteiger partial charge in [-0.2, -0.15) is 18.6 Å². The summed E-state index contributed by atoms with van der Waals surface area (Å²) >= 11 is 0. The van der Waals surface area contributed by atoms with Gasteiger partial charge in [0.1, 0.15) is 0 Å². The number of likely N-dealkylation sites (tertiary alicyclic amines) is 1. The monoisotopic (exact) mass is 387 g/mol. The van der Waals surface area contributed by atoms with Gasteiger partial charge in [-0.1, -0.05) is 6.07 Å². The van der Waals surface area contributed by atoms with Crippen LogP contribution < -0.4 is 10.9 Å². The zero-order chi connectivity index (χ0) is 20.0. The van der Waals surface area contributed by atoms with Crippen molar-refractivity contribution in [3.8, 4) is 0 Å². The van der Waals surface area contributed by atoms with E-state index in [-0.39, 0.29) is 24.2 Å². The predicted octanol–water partition coefficient (Wildman–Crippen LogP) is 2.32. The van der Waals surface area contributed by atoms with Crippen LogP contribution in [0.3, 0.4) is 0 Å². The van der Waals surface area contributed by atoms with Gasteiger partial charge in [-0.3, -0.25) is 4.58 Å². The second-order valence-electron chi connectivity index (χ2n) is 6.54. The topological polar surface area (TPSA) is 56.6 Å². The summed E-state index contributed by atoms with van der Waals surface area (Å²) in [5, 5.41) is 0. The van der Waals surface area contributed by atoms with E-state index in [9.17, 15) is 18.0 Å². The molecule has 1 aliphatic rings. The molecule has 0 bridgehead atoms. The maximum absolute atomic E-state index is 12.9. The average molecular weight is 387 g/mol. The summed E-state index contributed by atoms with van der Waals surface area (Å²) in [6.45, 7) is 3.72. The van der Waals surface area contributed by atoms with E-state index >= 15 is 0 Å². The fraction of sp³-hybridized carbons (Fsp3) is 0.556. The fourth-order valence-electron chi connectivity index (χ4n) is 2.95. The molecule has 9 heteroatoms. The van der Waals surface area contributed by atoms with Gasteiger partial charge in [0.05, 0.1) is 30.9 Å². The maximum atomic E-state index is 12.9. The first kappa shape index (κ1) is 21.0. The SMILES string of the molecule is CCOC(=O)C(NNc1cccc(C(F)(F)F)c1)=[N+](C)C1CCN(C)CC1. The van der Waals surface area contributed by atoms with Crippen LogP contribution in [0.25, 0.3) is 0 Å². The molecule has 0 aliphatic carbocycles. The quantitative estimate of drug-likeness (QED) is 0.273. The fourth-order valence-corrected chi connectivity index (χ4v) is 2.95. The highest BCUT2D eigenvalue weighted by Crippen LogP contribution is 2.30. The second-order valence-corrected chi connectivity index (χ2v) is 6.54. The molecule has 0 saturated carbocycles. The average Bonchev–Trinajstić information content (AvgIpc) is 2.62. The van der Waals surface area contributed by atoms with Crippen LogP contribution in [-0.4, -0.2) is 61.1 Å². The molecule has 0 unspecified atom stereocenters. The van der Waals surface area contributed by atoms with Crippen molar-refractivity contribution in [1.29, 1.82) is 0 Å². The standard InChI is InChI=1S/C18H25F3N4O2/c1-4-27-17(26)16(25(3)15-8-10-24(2)11-9-15)23-22-14-7-5-6-13(12-14)18(19,20)21/h5-7,12,15H,4,8-11H2,1-3H3,(H,22,26)/p+1. The maximum Gasteiger partial charge on any atom is 0.423 e. The lowest BCUT2D eigenvalue weighted by molar-refractivity contribution is -0.543. The van der Waals surface area contributed by atoms with Gasteiger partial charge in [0.15, 0.2) is 0 Å². The molecule has 0 atom stereocenters. The lowest BCUT2D eigenvalue weighted by atomic mass is 10.1. The highest BCUT2D eigenvalue weighted by atomic mass is 19.4. The number of halogens is 3. The largest absolute Gasteiger partial charge is 0.457 e. The molecule has 1 aromatic rings.